The standard InChI is InChI=1S/C11H21N7/c1-17-5-3-8(4-6-17)18(2)10-7-9(16-13)14-11(12)15-10/h7-8H,3-6,13H2,1-2H3,(H3,12,14,15,16). The van der Waals surface area contributed by atoms with Crippen LogP contribution in [0.3, 0.4) is 0 Å². The number of nitrogens with two attached hydrogens (primary N) is 2. The summed E-state index contributed by atoms with van der Waals surface area (Å²) in [5.41, 5.74) is 8.18. The van der Waals surface area contributed by atoms with E-state index in [1.54, 1.807) is 0 Å². The minimum Gasteiger partial charge on any atom is -0.368 e. The Hall–Kier alpha value is -1.60. The first-order valence-corrected chi connectivity index (χ1v) is 6.12. The monoisotopic (exact) mass is 251 g/mol. The van der Waals surface area contributed by atoms with Crippen molar-refractivity contribution in [2.24, 2.45) is 5.84 Å². The highest BCUT2D eigenvalue weighted by Gasteiger charge is 2.22. The van der Waals surface area contributed by atoms with E-state index in [9.17, 15) is 0 Å². The van der Waals surface area contributed by atoms with Gasteiger partial charge in [0.05, 0.1) is 0 Å². The molecular formula is C11H21N7. The van der Waals surface area contributed by atoms with Gasteiger partial charge in [-0.25, -0.2) is 5.84 Å². The third-order valence-electron chi connectivity index (χ3n) is 3.47. The summed E-state index contributed by atoms with van der Waals surface area (Å²) in [6.45, 7) is 2.22. The van der Waals surface area contributed by atoms with Gasteiger partial charge in [-0.1, -0.05) is 0 Å². The number of hydrogen-bond donors (Lipinski definition) is 3. The predicted octanol–water partition coefficient (Wildman–Crippen LogP) is -0.125. The van der Waals surface area contributed by atoms with Crippen molar-refractivity contribution in [1.82, 2.24) is 14.9 Å². The molecule has 1 aliphatic heterocycles. The number of likely N-dealkylation sites (tertiary alicyclic amines) is 1. The third kappa shape index (κ3) is 2.80. The van der Waals surface area contributed by atoms with E-state index in [0.717, 1.165) is 31.7 Å². The molecular weight excluding hydrogens is 230 g/mol. The summed E-state index contributed by atoms with van der Waals surface area (Å²) in [7, 11) is 4.19. The van der Waals surface area contributed by atoms with Crippen LogP contribution in [-0.4, -0.2) is 48.1 Å². The van der Waals surface area contributed by atoms with Crippen LogP contribution >= 0.6 is 0 Å². The third-order valence-corrected chi connectivity index (χ3v) is 3.47. The molecule has 0 aromatic carbocycles. The highest BCUT2D eigenvalue weighted by atomic mass is 15.3. The van der Waals surface area contributed by atoms with E-state index in [-0.39, 0.29) is 5.95 Å². The molecule has 1 aromatic heterocycles. The van der Waals surface area contributed by atoms with Gasteiger partial charge in [-0.05, 0) is 33.0 Å². The molecule has 7 heteroatoms. The zero-order valence-corrected chi connectivity index (χ0v) is 10.9. The molecule has 0 unspecified atom stereocenters. The van der Waals surface area contributed by atoms with Crippen LogP contribution in [0.5, 0.6) is 0 Å². The lowest BCUT2D eigenvalue weighted by atomic mass is 10.0. The SMILES string of the molecule is CN1CCC(N(C)c2cc(NN)nc(N)n2)CC1. The Morgan fingerprint density at radius 3 is 2.67 bits per heavy atom. The summed E-state index contributed by atoms with van der Waals surface area (Å²) in [5.74, 6) is 6.95. The molecule has 1 fully saturated rings. The molecule has 100 valence electrons. The Morgan fingerprint density at radius 1 is 1.39 bits per heavy atom. The van der Waals surface area contributed by atoms with Gasteiger partial charge in [0.15, 0.2) is 0 Å². The van der Waals surface area contributed by atoms with Gasteiger partial charge in [-0.15, -0.1) is 0 Å². The Labute approximate surface area is 107 Å². The lowest BCUT2D eigenvalue weighted by Crippen LogP contribution is -2.42. The van der Waals surface area contributed by atoms with Crippen molar-refractivity contribution in [3.05, 3.63) is 6.07 Å². The quantitative estimate of drug-likeness (QED) is 0.509. The second-order valence-corrected chi connectivity index (χ2v) is 4.76. The number of rotatable bonds is 3. The minimum absolute atomic E-state index is 0.236. The van der Waals surface area contributed by atoms with Gasteiger partial charge in [-0.2, -0.15) is 9.97 Å². The Bertz CT molecular complexity index is 400. The molecule has 7 nitrogen and oxygen atoms in total. The molecule has 0 aliphatic carbocycles. The fraction of sp³-hybridized carbons (Fsp3) is 0.636. The van der Waals surface area contributed by atoms with E-state index >= 15 is 0 Å². The normalized spacial score (nSPS) is 17.7. The topological polar surface area (TPSA) is 96.3 Å². The molecule has 2 rings (SSSR count). The summed E-state index contributed by atoms with van der Waals surface area (Å²) in [5, 5.41) is 0. The van der Waals surface area contributed by atoms with Crippen LogP contribution in [0.25, 0.3) is 0 Å². The molecule has 2 heterocycles. The molecule has 5 N–H and O–H groups in total. The Morgan fingerprint density at radius 2 is 2.06 bits per heavy atom. The van der Waals surface area contributed by atoms with Crippen LogP contribution in [0.4, 0.5) is 17.6 Å². The molecule has 0 atom stereocenters. The number of hydrazine groups is 1. The highest BCUT2D eigenvalue weighted by Crippen LogP contribution is 2.22. The van der Waals surface area contributed by atoms with Crippen molar-refractivity contribution in [3.63, 3.8) is 0 Å². The fourth-order valence-corrected chi connectivity index (χ4v) is 2.28. The number of piperidine rings is 1. The van der Waals surface area contributed by atoms with Crippen molar-refractivity contribution in [2.45, 2.75) is 18.9 Å². The molecule has 1 aliphatic rings. The smallest absolute Gasteiger partial charge is 0.223 e. The molecule has 18 heavy (non-hydrogen) atoms. The zero-order valence-electron chi connectivity index (χ0n) is 10.9. The van der Waals surface area contributed by atoms with Crippen LogP contribution < -0.4 is 21.9 Å². The summed E-state index contributed by atoms with van der Waals surface area (Å²) in [4.78, 5) is 12.7. The molecule has 1 saturated heterocycles. The van der Waals surface area contributed by atoms with Gasteiger partial charge in [0.25, 0.3) is 0 Å². The Kier molecular flexibility index (Phi) is 3.83. The average molecular weight is 251 g/mol. The first-order valence-electron chi connectivity index (χ1n) is 6.12. The van der Waals surface area contributed by atoms with Gasteiger partial charge in [0.2, 0.25) is 5.95 Å². The van der Waals surface area contributed by atoms with Gasteiger partial charge in [0, 0.05) is 19.2 Å². The largest absolute Gasteiger partial charge is 0.368 e. The molecule has 0 bridgehead atoms. The van der Waals surface area contributed by atoms with Gasteiger partial charge >= 0.3 is 0 Å². The van der Waals surface area contributed by atoms with E-state index < -0.39 is 0 Å². The van der Waals surface area contributed by atoms with Crippen LogP contribution in [0.1, 0.15) is 12.8 Å². The summed E-state index contributed by atoms with van der Waals surface area (Å²) in [6.07, 6.45) is 2.25. The minimum atomic E-state index is 0.236. The van der Waals surface area contributed by atoms with Crippen LogP contribution in [0.2, 0.25) is 0 Å². The van der Waals surface area contributed by atoms with Crippen molar-refractivity contribution < 1.29 is 0 Å². The van der Waals surface area contributed by atoms with Crippen molar-refractivity contribution in [3.8, 4) is 0 Å². The molecule has 1 aromatic rings. The summed E-state index contributed by atoms with van der Waals surface area (Å²) >= 11 is 0. The lowest BCUT2D eigenvalue weighted by molar-refractivity contribution is 0.252. The molecule has 0 amide bonds. The highest BCUT2D eigenvalue weighted by molar-refractivity contribution is 5.52. The van der Waals surface area contributed by atoms with Crippen molar-refractivity contribution in [1.29, 1.82) is 0 Å². The summed E-state index contributed by atoms with van der Waals surface area (Å²) in [6, 6.07) is 2.30. The number of nitrogens with zero attached hydrogens (tertiary/aromatic N) is 4. The van der Waals surface area contributed by atoms with Gasteiger partial charge < -0.3 is 21.0 Å². The molecule has 0 spiro atoms. The number of nitrogen functional groups attached to an aromatic ring is 2. The number of aromatic nitrogens is 2. The van der Waals surface area contributed by atoms with Crippen molar-refractivity contribution in [2.75, 3.05) is 43.2 Å². The Balaban J connectivity index is 2.12. The van der Waals surface area contributed by atoms with E-state index in [0.29, 0.717) is 11.9 Å². The maximum Gasteiger partial charge on any atom is 0.223 e. The van der Waals surface area contributed by atoms with E-state index in [4.69, 9.17) is 11.6 Å². The van der Waals surface area contributed by atoms with E-state index in [1.165, 1.54) is 0 Å². The number of hydrogen-bond acceptors (Lipinski definition) is 7. The number of nitrogens with one attached hydrogen (secondary N) is 1. The van der Waals surface area contributed by atoms with E-state index in [2.05, 4.69) is 32.2 Å². The summed E-state index contributed by atoms with van der Waals surface area (Å²) < 4.78 is 0. The van der Waals surface area contributed by atoms with Crippen LogP contribution in [-0.2, 0) is 0 Å². The van der Waals surface area contributed by atoms with Crippen molar-refractivity contribution >= 4 is 17.6 Å². The first-order chi connectivity index (χ1) is 8.60. The lowest BCUT2D eigenvalue weighted by Gasteiger charge is -2.35. The maximum absolute atomic E-state index is 5.67. The number of anilines is 3. The van der Waals surface area contributed by atoms with E-state index in [1.807, 2.05) is 13.1 Å². The second kappa shape index (κ2) is 5.36. The maximum atomic E-state index is 5.67. The second-order valence-electron chi connectivity index (χ2n) is 4.76. The zero-order chi connectivity index (χ0) is 13.1. The van der Waals surface area contributed by atoms with Gasteiger partial charge in [0.1, 0.15) is 11.6 Å². The fourth-order valence-electron chi connectivity index (χ4n) is 2.28. The van der Waals surface area contributed by atoms with Crippen LogP contribution in [0.15, 0.2) is 6.07 Å². The predicted molar refractivity (Wildman–Crippen MR) is 73.2 cm³/mol. The van der Waals surface area contributed by atoms with Gasteiger partial charge in [-0.3, -0.25) is 0 Å². The van der Waals surface area contributed by atoms with Crippen LogP contribution in [0, 0.1) is 0 Å². The molecule has 0 radical (unpaired) electrons. The average Bonchev–Trinajstić information content (AvgIpc) is 2.38. The molecule has 0 saturated carbocycles. The first kappa shape index (κ1) is 12.8.